The van der Waals surface area contributed by atoms with E-state index in [-0.39, 0.29) is 10.6 Å². The molecular formula is C15H21F2NO2S. The molecule has 1 saturated carbocycles. The van der Waals surface area contributed by atoms with Crippen LogP contribution in [0, 0.1) is 17.6 Å². The quantitative estimate of drug-likeness (QED) is 0.821. The van der Waals surface area contributed by atoms with Gasteiger partial charge in [-0.3, -0.25) is 0 Å². The van der Waals surface area contributed by atoms with Crippen LogP contribution in [0.4, 0.5) is 8.78 Å². The van der Waals surface area contributed by atoms with E-state index in [9.17, 15) is 17.2 Å². The summed E-state index contributed by atoms with van der Waals surface area (Å²) >= 11 is 0. The molecule has 1 fully saturated rings. The van der Waals surface area contributed by atoms with Gasteiger partial charge in [-0.25, -0.2) is 17.2 Å². The highest BCUT2D eigenvalue weighted by Gasteiger charge is 2.28. The number of rotatable bonds is 6. The summed E-state index contributed by atoms with van der Waals surface area (Å²) in [6.45, 7) is 2.91. The van der Waals surface area contributed by atoms with Gasteiger partial charge in [-0.05, 0) is 49.9 Å². The Hall–Kier alpha value is -1.01. The highest BCUT2D eigenvalue weighted by molar-refractivity contribution is 7.91. The summed E-state index contributed by atoms with van der Waals surface area (Å²) in [5.41, 5.74) is 0. The fraction of sp³-hybridized carbons (Fsp3) is 0.600. The van der Waals surface area contributed by atoms with E-state index < -0.39 is 21.5 Å². The third-order valence-corrected chi connectivity index (χ3v) is 5.88. The van der Waals surface area contributed by atoms with Gasteiger partial charge < -0.3 is 5.32 Å². The first-order valence-corrected chi connectivity index (χ1v) is 9.00. The molecule has 2 unspecified atom stereocenters. The van der Waals surface area contributed by atoms with Gasteiger partial charge in [-0.1, -0.05) is 13.3 Å². The molecule has 0 heterocycles. The van der Waals surface area contributed by atoms with Crippen LogP contribution in [-0.4, -0.2) is 26.8 Å². The zero-order valence-corrected chi connectivity index (χ0v) is 12.9. The summed E-state index contributed by atoms with van der Waals surface area (Å²) in [7, 11) is -3.56. The average Bonchev–Trinajstić information content (AvgIpc) is 2.87. The summed E-state index contributed by atoms with van der Waals surface area (Å²) in [6.07, 6.45) is 3.75. The molecule has 0 radical (unpaired) electrons. The van der Waals surface area contributed by atoms with Gasteiger partial charge in [0.25, 0.3) is 0 Å². The highest BCUT2D eigenvalue weighted by atomic mass is 32.2. The molecule has 0 aliphatic heterocycles. The van der Waals surface area contributed by atoms with E-state index in [1.165, 1.54) is 0 Å². The molecule has 2 rings (SSSR count). The Balaban J connectivity index is 2.02. The number of halogens is 2. The lowest BCUT2D eigenvalue weighted by Gasteiger charge is -2.20. The normalized spacial score (nSPS) is 22.6. The van der Waals surface area contributed by atoms with Crippen molar-refractivity contribution in [1.82, 2.24) is 5.32 Å². The first kappa shape index (κ1) is 16.4. The number of benzene rings is 1. The zero-order valence-electron chi connectivity index (χ0n) is 12.1. The SMILES string of the molecule is CCNC1CCCC1CCS(=O)(=O)c1ccc(F)c(F)c1. The summed E-state index contributed by atoms with van der Waals surface area (Å²) in [6, 6.07) is 3.12. The van der Waals surface area contributed by atoms with Crippen LogP contribution in [0.2, 0.25) is 0 Å². The van der Waals surface area contributed by atoms with Gasteiger partial charge in [0, 0.05) is 6.04 Å². The minimum absolute atomic E-state index is 0.0232. The number of hydrogen-bond acceptors (Lipinski definition) is 3. The first-order valence-electron chi connectivity index (χ1n) is 7.35. The molecule has 1 aromatic carbocycles. The second-order valence-corrected chi connectivity index (χ2v) is 7.65. The Bertz CT molecular complexity index is 589. The smallest absolute Gasteiger partial charge is 0.178 e. The minimum Gasteiger partial charge on any atom is -0.314 e. The van der Waals surface area contributed by atoms with Crippen LogP contribution in [0.15, 0.2) is 23.1 Å². The molecule has 1 aliphatic carbocycles. The first-order chi connectivity index (χ1) is 9.94. The summed E-state index contributed by atoms with van der Waals surface area (Å²) < 4.78 is 50.5. The standard InChI is InChI=1S/C15H21F2NO2S/c1-2-18-15-5-3-4-11(15)8-9-21(19,20)12-6-7-13(16)14(17)10-12/h6-7,10-11,15,18H,2-5,8-9H2,1H3. The van der Waals surface area contributed by atoms with Gasteiger partial charge in [0.05, 0.1) is 10.6 Å². The van der Waals surface area contributed by atoms with Crippen LogP contribution in [0.5, 0.6) is 0 Å². The predicted molar refractivity (Wildman–Crippen MR) is 77.8 cm³/mol. The number of hydrogen-bond donors (Lipinski definition) is 1. The molecule has 0 bridgehead atoms. The van der Waals surface area contributed by atoms with Crippen molar-refractivity contribution in [1.29, 1.82) is 0 Å². The summed E-state index contributed by atoms with van der Waals surface area (Å²) in [5.74, 6) is -1.84. The molecular weight excluding hydrogens is 296 g/mol. The van der Waals surface area contributed by atoms with E-state index in [0.717, 1.165) is 44.0 Å². The monoisotopic (exact) mass is 317 g/mol. The van der Waals surface area contributed by atoms with Gasteiger partial charge >= 0.3 is 0 Å². The van der Waals surface area contributed by atoms with E-state index in [4.69, 9.17) is 0 Å². The minimum atomic E-state index is -3.56. The third kappa shape index (κ3) is 4.01. The van der Waals surface area contributed by atoms with E-state index >= 15 is 0 Å². The van der Waals surface area contributed by atoms with Gasteiger partial charge in [0.1, 0.15) is 0 Å². The zero-order chi connectivity index (χ0) is 15.5. The Morgan fingerprint density at radius 1 is 1.24 bits per heavy atom. The number of nitrogens with one attached hydrogen (secondary N) is 1. The van der Waals surface area contributed by atoms with Crippen LogP contribution in [-0.2, 0) is 9.84 Å². The molecule has 0 aromatic heterocycles. The molecule has 1 aliphatic rings. The van der Waals surface area contributed by atoms with Gasteiger partial charge in [-0.15, -0.1) is 0 Å². The van der Waals surface area contributed by atoms with Crippen molar-refractivity contribution in [3.05, 3.63) is 29.8 Å². The van der Waals surface area contributed by atoms with E-state index in [2.05, 4.69) is 5.32 Å². The Morgan fingerprint density at radius 3 is 2.67 bits per heavy atom. The highest BCUT2D eigenvalue weighted by Crippen LogP contribution is 2.29. The maximum absolute atomic E-state index is 13.2. The Kier molecular flexibility index (Phi) is 5.32. The molecule has 3 nitrogen and oxygen atoms in total. The topological polar surface area (TPSA) is 46.2 Å². The summed E-state index contributed by atoms with van der Waals surface area (Å²) in [4.78, 5) is -0.139. The second-order valence-electron chi connectivity index (χ2n) is 5.54. The van der Waals surface area contributed by atoms with Crippen LogP contribution in [0.1, 0.15) is 32.6 Å². The molecule has 6 heteroatoms. The molecule has 1 aromatic rings. The van der Waals surface area contributed by atoms with E-state index in [0.29, 0.717) is 18.4 Å². The van der Waals surface area contributed by atoms with Gasteiger partial charge in [0.15, 0.2) is 21.5 Å². The second kappa shape index (κ2) is 6.83. The van der Waals surface area contributed by atoms with Crippen molar-refractivity contribution in [3.63, 3.8) is 0 Å². The fourth-order valence-corrected chi connectivity index (χ4v) is 4.42. The fourth-order valence-electron chi connectivity index (χ4n) is 3.01. The predicted octanol–water partition coefficient (Wildman–Crippen LogP) is 2.91. The van der Waals surface area contributed by atoms with Gasteiger partial charge in [0.2, 0.25) is 0 Å². The van der Waals surface area contributed by atoms with Crippen molar-refractivity contribution < 1.29 is 17.2 Å². The van der Waals surface area contributed by atoms with Crippen molar-refractivity contribution in [3.8, 4) is 0 Å². The summed E-state index contributed by atoms with van der Waals surface area (Å²) in [5, 5.41) is 3.38. The lowest BCUT2D eigenvalue weighted by Crippen LogP contribution is -2.33. The molecule has 0 amide bonds. The number of sulfone groups is 1. The molecule has 0 spiro atoms. The van der Waals surface area contributed by atoms with Crippen molar-refractivity contribution in [2.24, 2.45) is 5.92 Å². The average molecular weight is 317 g/mol. The van der Waals surface area contributed by atoms with Crippen LogP contribution >= 0.6 is 0 Å². The third-order valence-electron chi connectivity index (χ3n) is 4.13. The maximum Gasteiger partial charge on any atom is 0.178 e. The molecule has 1 N–H and O–H groups in total. The van der Waals surface area contributed by atoms with E-state index in [1.54, 1.807) is 0 Å². The van der Waals surface area contributed by atoms with Crippen molar-refractivity contribution >= 4 is 9.84 Å². The molecule has 0 saturated heterocycles. The van der Waals surface area contributed by atoms with Crippen molar-refractivity contribution in [2.45, 2.75) is 43.5 Å². The van der Waals surface area contributed by atoms with Crippen LogP contribution in [0.25, 0.3) is 0 Å². The maximum atomic E-state index is 13.2. The lowest BCUT2D eigenvalue weighted by molar-refractivity contribution is 0.398. The van der Waals surface area contributed by atoms with E-state index in [1.807, 2.05) is 6.92 Å². The Labute approximate surface area is 124 Å². The lowest BCUT2D eigenvalue weighted by atomic mass is 10.0. The molecule has 118 valence electrons. The van der Waals surface area contributed by atoms with Crippen LogP contribution in [0.3, 0.4) is 0 Å². The molecule has 2 atom stereocenters. The van der Waals surface area contributed by atoms with Crippen LogP contribution < -0.4 is 5.32 Å². The Morgan fingerprint density at radius 2 is 2.00 bits per heavy atom. The largest absolute Gasteiger partial charge is 0.314 e. The van der Waals surface area contributed by atoms with Crippen molar-refractivity contribution in [2.75, 3.05) is 12.3 Å². The van der Waals surface area contributed by atoms with Gasteiger partial charge in [-0.2, -0.15) is 0 Å². The molecule has 21 heavy (non-hydrogen) atoms.